The summed E-state index contributed by atoms with van der Waals surface area (Å²) in [6.07, 6.45) is 11.3. The van der Waals surface area contributed by atoms with E-state index in [2.05, 4.69) is 55.4 Å². The fourth-order valence-corrected chi connectivity index (χ4v) is 11.0. The first kappa shape index (κ1) is 23.1. The number of carbonyl (C=O) groups excluding carboxylic acids is 2. The molecule has 0 aliphatic heterocycles. The zero-order valence-corrected chi connectivity index (χ0v) is 22.2. The van der Waals surface area contributed by atoms with Gasteiger partial charge in [0.05, 0.1) is 0 Å². The molecule has 0 aromatic rings. The Morgan fingerprint density at radius 1 is 0.688 bits per heavy atom. The maximum atomic E-state index is 14.2. The molecule has 0 aromatic carbocycles. The van der Waals surface area contributed by atoms with E-state index in [9.17, 15) is 9.59 Å². The van der Waals surface area contributed by atoms with E-state index in [0.29, 0.717) is 34.7 Å². The Labute approximate surface area is 197 Å². The highest BCUT2D eigenvalue weighted by Gasteiger charge is 2.72. The van der Waals surface area contributed by atoms with E-state index in [1.54, 1.807) is 0 Å². The monoisotopic (exact) mass is 440 g/mol. The van der Waals surface area contributed by atoms with Crippen LogP contribution in [-0.2, 0) is 9.59 Å². The second kappa shape index (κ2) is 6.51. The first-order chi connectivity index (χ1) is 14.6. The van der Waals surface area contributed by atoms with E-state index in [1.165, 1.54) is 44.9 Å². The van der Waals surface area contributed by atoms with Crippen molar-refractivity contribution in [3.05, 3.63) is 0 Å². The number of Topliss-reactive ketones (excluding diaryl/α,β-unsaturated/α-hetero) is 2. The topological polar surface area (TPSA) is 34.1 Å². The molecule has 0 saturated heterocycles. The van der Waals surface area contributed by atoms with Gasteiger partial charge < -0.3 is 0 Å². The lowest BCUT2D eigenvalue weighted by Crippen LogP contribution is -2.70. The molecule has 9 atom stereocenters. The first-order valence-corrected chi connectivity index (χ1v) is 13.7. The van der Waals surface area contributed by atoms with Gasteiger partial charge in [-0.1, -0.05) is 55.4 Å². The van der Waals surface area contributed by atoms with Crippen molar-refractivity contribution in [2.24, 2.45) is 56.2 Å². The molecule has 0 unspecified atom stereocenters. The molecular weight excluding hydrogens is 392 g/mol. The van der Waals surface area contributed by atoms with Gasteiger partial charge in [0.2, 0.25) is 0 Å². The van der Waals surface area contributed by atoms with Crippen LogP contribution in [0.3, 0.4) is 0 Å². The third-order valence-electron chi connectivity index (χ3n) is 13.4. The van der Waals surface area contributed by atoms with Gasteiger partial charge in [-0.05, 0) is 95.7 Å². The van der Waals surface area contributed by atoms with Gasteiger partial charge in [-0.15, -0.1) is 0 Å². The van der Waals surface area contributed by atoms with Gasteiger partial charge in [-0.3, -0.25) is 9.59 Å². The number of rotatable bonds is 0. The number of hydrogen-bond donors (Lipinski definition) is 0. The number of ketones is 2. The summed E-state index contributed by atoms with van der Waals surface area (Å²) in [5.41, 5.74) is 1.08. The zero-order valence-electron chi connectivity index (χ0n) is 22.2. The lowest BCUT2D eigenvalue weighted by Gasteiger charge is -2.74. The lowest BCUT2D eigenvalue weighted by atomic mass is 9.30. The molecule has 32 heavy (non-hydrogen) atoms. The van der Waals surface area contributed by atoms with Crippen LogP contribution >= 0.6 is 0 Å². The predicted molar refractivity (Wildman–Crippen MR) is 130 cm³/mol. The number of fused-ring (bicyclic) bond motifs is 7. The Bertz CT molecular complexity index is 857. The molecule has 5 rings (SSSR count). The minimum atomic E-state index is -0.141. The van der Waals surface area contributed by atoms with Gasteiger partial charge >= 0.3 is 0 Å². The molecule has 180 valence electrons. The van der Waals surface area contributed by atoms with Gasteiger partial charge in [0.15, 0.2) is 0 Å². The molecule has 0 radical (unpaired) electrons. The van der Waals surface area contributed by atoms with Crippen LogP contribution in [0.2, 0.25) is 0 Å². The second-order valence-electron chi connectivity index (χ2n) is 15.3. The SMILES string of the molecule is C[C@H]1C(=O)CC[C@@H]2[C@]1(C)CC(=O)[C@H]1[C@@]2(C)CC[C@@]2(C)[C@@H]3CC(C)(C)CC[C@]3(C)CC[C@]12C. The molecule has 2 heteroatoms. The van der Waals surface area contributed by atoms with Crippen LogP contribution in [0.5, 0.6) is 0 Å². The van der Waals surface area contributed by atoms with Crippen LogP contribution in [0.1, 0.15) is 120 Å². The van der Waals surface area contributed by atoms with Crippen LogP contribution < -0.4 is 0 Å². The highest BCUT2D eigenvalue weighted by molar-refractivity contribution is 5.88. The fraction of sp³-hybridized carbons (Fsp3) is 0.933. The fourth-order valence-electron chi connectivity index (χ4n) is 11.0. The van der Waals surface area contributed by atoms with Crippen LogP contribution in [0.4, 0.5) is 0 Å². The molecule has 2 nitrogen and oxygen atoms in total. The Kier molecular flexibility index (Phi) is 4.70. The van der Waals surface area contributed by atoms with Crippen molar-refractivity contribution in [2.75, 3.05) is 0 Å². The maximum absolute atomic E-state index is 14.2. The van der Waals surface area contributed by atoms with Crippen LogP contribution in [-0.4, -0.2) is 11.6 Å². The van der Waals surface area contributed by atoms with Gasteiger partial charge in [0.25, 0.3) is 0 Å². The third-order valence-corrected chi connectivity index (χ3v) is 13.4. The Morgan fingerprint density at radius 2 is 1.31 bits per heavy atom. The molecule has 0 aromatic heterocycles. The van der Waals surface area contributed by atoms with Gasteiger partial charge in [0, 0.05) is 24.7 Å². The van der Waals surface area contributed by atoms with Crippen molar-refractivity contribution in [3.8, 4) is 0 Å². The van der Waals surface area contributed by atoms with Crippen molar-refractivity contribution in [3.63, 3.8) is 0 Å². The first-order valence-electron chi connectivity index (χ1n) is 13.7. The maximum Gasteiger partial charge on any atom is 0.137 e. The van der Waals surface area contributed by atoms with E-state index in [1.807, 2.05) is 0 Å². The van der Waals surface area contributed by atoms with Crippen molar-refractivity contribution in [2.45, 2.75) is 120 Å². The zero-order chi connectivity index (χ0) is 23.5. The molecule has 0 amide bonds. The minimum Gasteiger partial charge on any atom is -0.299 e. The lowest BCUT2D eigenvalue weighted by molar-refractivity contribution is -0.246. The molecule has 5 saturated carbocycles. The van der Waals surface area contributed by atoms with E-state index in [0.717, 1.165) is 18.8 Å². The van der Waals surface area contributed by atoms with Crippen LogP contribution in [0, 0.1) is 56.2 Å². The quantitative estimate of drug-likeness (QED) is 0.388. The summed E-state index contributed by atoms with van der Waals surface area (Å²) in [4.78, 5) is 26.9. The average molecular weight is 441 g/mol. The average Bonchev–Trinajstić information content (AvgIpc) is 2.69. The van der Waals surface area contributed by atoms with Crippen LogP contribution in [0.25, 0.3) is 0 Å². The van der Waals surface area contributed by atoms with Gasteiger partial charge in [-0.25, -0.2) is 0 Å². The molecule has 5 aliphatic carbocycles. The Balaban J connectivity index is 1.59. The molecule has 0 bridgehead atoms. The molecule has 0 N–H and O–H groups in total. The predicted octanol–water partition coefficient (Wildman–Crippen LogP) is 7.64. The highest BCUT2D eigenvalue weighted by Crippen LogP contribution is 2.77. The summed E-state index contributed by atoms with van der Waals surface area (Å²) in [7, 11) is 0. The highest BCUT2D eigenvalue weighted by atomic mass is 16.1. The summed E-state index contributed by atoms with van der Waals surface area (Å²) in [5, 5.41) is 0. The molecule has 0 spiro atoms. The molecule has 5 aliphatic rings. The van der Waals surface area contributed by atoms with Gasteiger partial charge in [-0.2, -0.15) is 0 Å². The smallest absolute Gasteiger partial charge is 0.137 e. The van der Waals surface area contributed by atoms with Crippen molar-refractivity contribution in [1.29, 1.82) is 0 Å². The van der Waals surface area contributed by atoms with Crippen molar-refractivity contribution >= 4 is 11.6 Å². The molecule has 5 fully saturated rings. The van der Waals surface area contributed by atoms with Gasteiger partial charge in [0.1, 0.15) is 11.6 Å². The number of carbonyl (C=O) groups is 2. The summed E-state index contributed by atoms with van der Waals surface area (Å²) < 4.78 is 0. The molecular formula is C30H48O2. The normalized spacial score (nSPS) is 57.1. The standard InChI is InChI=1S/C30H48O2/c1-19-20(31)9-10-22-27(5)14-16-29(7)23-18-25(2,3)11-12-26(23,4)13-15-30(29,8)24(27)21(32)17-28(19,22)6/h19,22-24H,9-18H2,1-8H3/t19-,22-,23+,24-,26+,27-,28+,29-,30+/m0/s1. The van der Waals surface area contributed by atoms with Crippen molar-refractivity contribution < 1.29 is 9.59 Å². The second-order valence-corrected chi connectivity index (χ2v) is 15.3. The Hall–Kier alpha value is -0.660. The third kappa shape index (κ3) is 2.65. The molecule has 0 heterocycles. The van der Waals surface area contributed by atoms with E-state index >= 15 is 0 Å². The van der Waals surface area contributed by atoms with E-state index in [4.69, 9.17) is 0 Å². The number of hydrogen-bond acceptors (Lipinski definition) is 2. The van der Waals surface area contributed by atoms with E-state index < -0.39 is 0 Å². The summed E-state index contributed by atoms with van der Waals surface area (Å²) >= 11 is 0. The summed E-state index contributed by atoms with van der Waals surface area (Å²) in [6.45, 7) is 19.6. The van der Waals surface area contributed by atoms with Crippen LogP contribution in [0.15, 0.2) is 0 Å². The van der Waals surface area contributed by atoms with E-state index in [-0.39, 0.29) is 33.5 Å². The van der Waals surface area contributed by atoms with Crippen molar-refractivity contribution in [1.82, 2.24) is 0 Å². The minimum absolute atomic E-state index is 0.0258. The largest absolute Gasteiger partial charge is 0.299 e. The summed E-state index contributed by atoms with van der Waals surface area (Å²) in [5.74, 6) is 2.31. The summed E-state index contributed by atoms with van der Waals surface area (Å²) in [6, 6.07) is 0. The Morgan fingerprint density at radius 3 is 2.00 bits per heavy atom.